The van der Waals surface area contributed by atoms with Crippen LogP contribution in [0.5, 0.6) is 0 Å². The maximum Gasteiger partial charge on any atom is 0.243 e. The van der Waals surface area contributed by atoms with Crippen LogP contribution in [0.1, 0.15) is 0 Å². The van der Waals surface area contributed by atoms with E-state index in [-0.39, 0.29) is 10.9 Å². The Labute approximate surface area is 119 Å². The Kier molecular flexibility index (Phi) is 4.47. The Hall–Kier alpha value is -0.660. The maximum absolute atomic E-state index is 12.6. The third kappa shape index (κ3) is 3.09. The molecule has 19 heavy (non-hydrogen) atoms. The average molecular weight is 304 g/mol. The molecule has 1 aliphatic heterocycles. The fourth-order valence-electron chi connectivity index (χ4n) is 2.24. The molecule has 1 aromatic rings. The smallest absolute Gasteiger partial charge is 0.243 e. The summed E-state index contributed by atoms with van der Waals surface area (Å²) in [5.74, 6) is 0. The standard InChI is InChI=1S/C12H18ClN3O2S/c1-15-6-7-16(11(8-14)9-15)19(17,18)12-4-2-10(13)3-5-12/h2-5,11H,6-9,14H2,1H3. The molecule has 1 aromatic carbocycles. The Morgan fingerprint density at radius 3 is 2.53 bits per heavy atom. The lowest BCUT2D eigenvalue weighted by Crippen LogP contribution is -2.56. The molecule has 1 atom stereocenters. The summed E-state index contributed by atoms with van der Waals surface area (Å²) in [6.45, 7) is 2.15. The molecular formula is C12H18ClN3O2S. The SMILES string of the molecule is CN1CCN(S(=O)(=O)c2ccc(Cl)cc2)C(CN)C1. The zero-order valence-electron chi connectivity index (χ0n) is 10.8. The summed E-state index contributed by atoms with van der Waals surface area (Å²) in [5.41, 5.74) is 5.70. The lowest BCUT2D eigenvalue weighted by molar-refractivity contribution is 0.164. The summed E-state index contributed by atoms with van der Waals surface area (Å²) < 4.78 is 26.7. The van der Waals surface area contributed by atoms with Gasteiger partial charge in [-0.2, -0.15) is 4.31 Å². The molecule has 1 heterocycles. The van der Waals surface area contributed by atoms with Crippen molar-refractivity contribution in [3.8, 4) is 0 Å². The minimum absolute atomic E-state index is 0.181. The van der Waals surface area contributed by atoms with Crippen molar-refractivity contribution in [2.75, 3.05) is 33.2 Å². The van der Waals surface area contributed by atoms with Gasteiger partial charge in [0, 0.05) is 31.2 Å². The monoisotopic (exact) mass is 303 g/mol. The minimum atomic E-state index is -3.50. The summed E-state index contributed by atoms with van der Waals surface area (Å²) >= 11 is 5.79. The number of hydrogen-bond donors (Lipinski definition) is 1. The Morgan fingerprint density at radius 2 is 1.95 bits per heavy atom. The number of rotatable bonds is 3. The van der Waals surface area contributed by atoms with E-state index < -0.39 is 10.0 Å². The molecule has 1 aliphatic rings. The Balaban J connectivity index is 2.30. The molecule has 2 N–H and O–H groups in total. The van der Waals surface area contributed by atoms with Gasteiger partial charge in [0.15, 0.2) is 0 Å². The fourth-order valence-corrected chi connectivity index (χ4v) is 3.99. The van der Waals surface area contributed by atoms with Gasteiger partial charge in [-0.05, 0) is 31.3 Å². The average Bonchev–Trinajstić information content (AvgIpc) is 2.38. The van der Waals surface area contributed by atoms with Gasteiger partial charge in [0.2, 0.25) is 10.0 Å². The van der Waals surface area contributed by atoms with Gasteiger partial charge in [-0.25, -0.2) is 8.42 Å². The second-order valence-electron chi connectivity index (χ2n) is 4.72. The van der Waals surface area contributed by atoms with Crippen LogP contribution in [0.4, 0.5) is 0 Å². The summed E-state index contributed by atoms with van der Waals surface area (Å²) in [6.07, 6.45) is 0. The second kappa shape index (κ2) is 5.76. The van der Waals surface area contributed by atoms with Gasteiger partial charge in [-0.1, -0.05) is 11.6 Å². The molecule has 0 bridgehead atoms. The normalized spacial score (nSPS) is 22.6. The highest BCUT2D eigenvalue weighted by Gasteiger charge is 2.34. The predicted molar refractivity (Wildman–Crippen MR) is 75.7 cm³/mol. The first kappa shape index (κ1) is 14.7. The largest absolute Gasteiger partial charge is 0.329 e. The van der Waals surface area contributed by atoms with Crippen LogP contribution < -0.4 is 5.73 Å². The van der Waals surface area contributed by atoms with E-state index in [0.717, 1.165) is 0 Å². The molecule has 1 saturated heterocycles. The van der Waals surface area contributed by atoms with E-state index in [2.05, 4.69) is 4.90 Å². The lowest BCUT2D eigenvalue weighted by Gasteiger charge is -2.38. The van der Waals surface area contributed by atoms with Gasteiger partial charge in [-0.3, -0.25) is 0 Å². The summed E-state index contributed by atoms with van der Waals surface area (Å²) in [6, 6.07) is 6.05. The van der Waals surface area contributed by atoms with Crippen molar-refractivity contribution < 1.29 is 8.42 Å². The Morgan fingerprint density at radius 1 is 1.32 bits per heavy atom. The van der Waals surface area contributed by atoms with Crippen molar-refractivity contribution in [1.29, 1.82) is 0 Å². The summed E-state index contributed by atoms with van der Waals surface area (Å²) in [4.78, 5) is 2.35. The number of piperazine rings is 1. The molecule has 0 aromatic heterocycles. The van der Waals surface area contributed by atoms with E-state index in [1.165, 1.54) is 16.4 Å². The van der Waals surface area contributed by atoms with Gasteiger partial charge in [0.05, 0.1) is 10.9 Å². The first-order chi connectivity index (χ1) is 8.95. The summed E-state index contributed by atoms with van der Waals surface area (Å²) in [5, 5.41) is 0.521. The van der Waals surface area contributed by atoms with Gasteiger partial charge in [-0.15, -0.1) is 0 Å². The number of sulfonamides is 1. The van der Waals surface area contributed by atoms with E-state index in [4.69, 9.17) is 17.3 Å². The number of nitrogens with two attached hydrogens (primary N) is 1. The first-order valence-electron chi connectivity index (χ1n) is 6.11. The van der Waals surface area contributed by atoms with E-state index in [0.29, 0.717) is 31.2 Å². The minimum Gasteiger partial charge on any atom is -0.329 e. The van der Waals surface area contributed by atoms with Crippen LogP contribution in [0.2, 0.25) is 5.02 Å². The highest BCUT2D eigenvalue weighted by atomic mass is 35.5. The first-order valence-corrected chi connectivity index (χ1v) is 7.93. The van der Waals surface area contributed by atoms with Crippen LogP contribution in [0.15, 0.2) is 29.2 Å². The van der Waals surface area contributed by atoms with Crippen LogP contribution in [0, 0.1) is 0 Å². The number of halogens is 1. The van der Waals surface area contributed by atoms with Crippen molar-refractivity contribution in [3.63, 3.8) is 0 Å². The van der Waals surface area contributed by atoms with Crippen LogP contribution in [0.25, 0.3) is 0 Å². The molecule has 0 amide bonds. The molecule has 1 unspecified atom stereocenters. The molecule has 0 radical (unpaired) electrons. The topological polar surface area (TPSA) is 66.6 Å². The molecular weight excluding hydrogens is 286 g/mol. The highest BCUT2D eigenvalue weighted by molar-refractivity contribution is 7.89. The van der Waals surface area contributed by atoms with Gasteiger partial charge in [0.25, 0.3) is 0 Å². The molecule has 0 aliphatic carbocycles. The van der Waals surface area contributed by atoms with Crippen molar-refractivity contribution >= 4 is 21.6 Å². The Bertz CT molecular complexity index is 532. The van der Waals surface area contributed by atoms with Crippen molar-refractivity contribution in [2.45, 2.75) is 10.9 Å². The molecule has 7 heteroatoms. The van der Waals surface area contributed by atoms with Crippen molar-refractivity contribution in [1.82, 2.24) is 9.21 Å². The van der Waals surface area contributed by atoms with Crippen molar-refractivity contribution in [2.24, 2.45) is 5.73 Å². The molecule has 5 nitrogen and oxygen atoms in total. The van der Waals surface area contributed by atoms with E-state index in [1.807, 2.05) is 7.05 Å². The number of nitrogens with zero attached hydrogens (tertiary/aromatic N) is 2. The van der Waals surface area contributed by atoms with E-state index in [1.54, 1.807) is 12.1 Å². The van der Waals surface area contributed by atoms with Crippen LogP contribution in [-0.4, -0.2) is 56.9 Å². The summed E-state index contributed by atoms with van der Waals surface area (Å²) in [7, 11) is -1.53. The lowest BCUT2D eigenvalue weighted by atomic mass is 10.2. The van der Waals surface area contributed by atoms with Crippen molar-refractivity contribution in [3.05, 3.63) is 29.3 Å². The zero-order chi connectivity index (χ0) is 14.0. The van der Waals surface area contributed by atoms with Gasteiger partial charge < -0.3 is 10.6 Å². The molecule has 106 valence electrons. The van der Waals surface area contributed by atoms with E-state index in [9.17, 15) is 8.42 Å². The third-order valence-electron chi connectivity index (χ3n) is 3.32. The quantitative estimate of drug-likeness (QED) is 0.888. The van der Waals surface area contributed by atoms with Crippen LogP contribution in [0.3, 0.4) is 0 Å². The highest BCUT2D eigenvalue weighted by Crippen LogP contribution is 2.22. The number of hydrogen-bond acceptors (Lipinski definition) is 4. The van der Waals surface area contributed by atoms with E-state index >= 15 is 0 Å². The molecule has 2 rings (SSSR count). The maximum atomic E-state index is 12.6. The van der Waals surface area contributed by atoms with Gasteiger partial charge in [0.1, 0.15) is 0 Å². The van der Waals surface area contributed by atoms with Crippen LogP contribution in [-0.2, 0) is 10.0 Å². The third-order valence-corrected chi connectivity index (χ3v) is 5.54. The molecule has 1 fully saturated rings. The predicted octanol–water partition coefficient (Wildman–Crippen LogP) is 0.603. The van der Waals surface area contributed by atoms with Crippen LogP contribution >= 0.6 is 11.6 Å². The fraction of sp³-hybridized carbons (Fsp3) is 0.500. The molecule has 0 saturated carbocycles. The second-order valence-corrected chi connectivity index (χ2v) is 7.05. The zero-order valence-corrected chi connectivity index (χ0v) is 12.4. The molecule has 0 spiro atoms. The number of likely N-dealkylation sites (N-methyl/N-ethyl adjacent to an activating group) is 1. The number of benzene rings is 1. The van der Waals surface area contributed by atoms with Gasteiger partial charge >= 0.3 is 0 Å².